The highest BCUT2D eigenvalue weighted by Crippen LogP contribution is 2.75. The van der Waals surface area contributed by atoms with Crippen molar-refractivity contribution < 1.29 is 44.9 Å². The molecule has 15 atom stereocenters. The van der Waals surface area contributed by atoms with E-state index < -0.39 is 66.5 Å². The van der Waals surface area contributed by atoms with Gasteiger partial charge in [0.2, 0.25) is 0 Å². The Morgan fingerprint density at radius 2 is 1.69 bits per heavy atom. The molecule has 0 aromatic rings. The number of hydrogen-bond donors (Lipinski definition) is 6. The predicted octanol–water partition coefficient (Wildman–Crippen LogP) is 3.28. The Balaban J connectivity index is 1.59. The molecule has 4 aliphatic carbocycles. The molecule has 0 aromatic carbocycles. The molecule has 4 fully saturated rings. The topological polar surface area (TPSA) is 157 Å². The van der Waals surface area contributed by atoms with Crippen LogP contribution in [0.15, 0.2) is 23.3 Å². The molecule has 0 unspecified atom stereocenters. The fourth-order valence-corrected chi connectivity index (χ4v) is 11.0. The summed E-state index contributed by atoms with van der Waals surface area (Å²) in [5.74, 6) is 0.211. The molecule has 1 heterocycles. The van der Waals surface area contributed by atoms with Crippen LogP contribution in [0.3, 0.4) is 0 Å². The van der Waals surface area contributed by atoms with E-state index in [1.165, 1.54) is 0 Å². The molecule has 0 spiro atoms. The van der Waals surface area contributed by atoms with E-state index in [4.69, 9.17) is 9.47 Å². The Bertz CT molecular complexity index is 1160. The Morgan fingerprint density at radius 3 is 2.31 bits per heavy atom. The van der Waals surface area contributed by atoms with Crippen molar-refractivity contribution in [2.45, 2.75) is 142 Å². The van der Waals surface area contributed by atoms with Gasteiger partial charge in [-0.3, -0.25) is 0 Å². The van der Waals surface area contributed by atoms with Gasteiger partial charge in [-0.1, -0.05) is 57.9 Å². The minimum absolute atomic E-state index is 0.0645. The molecule has 5 aliphatic rings. The summed E-state index contributed by atoms with van der Waals surface area (Å²) in [6.45, 7) is 14.3. The first-order valence-corrected chi connectivity index (χ1v) is 17.1. The maximum atomic E-state index is 13.7. The first kappa shape index (κ1) is 35.1. The smallest absolute Gasteiger partial charge is 0.187 e. The van der Waals surface area contributed by atoms with Crippen LogP contribution in [-0.2, 0) is 14.3 Å². The lowest BCUT2D eigenvalue weighted by Gasteiger charge is -2.66. The lowest BCUT2D eigenvalue weighted by molar-refractivity contribution is -0.321. The van der Waals surface area contributed by atoms with E-state index in [2.05, 4.69) is 26.8 Å². The number of aldehydes is 1. The summed E-state index contributed by atoms with van der Waals surface area (Å²) in [4.78, 5) is 13.7. The van der Waals surface area contributed by atoms with Crippen LogP contribution < -0.4 is 0 Å². The van der Waals surface area contributed by atoms with Gasteiger partial charge in [0.15, 0.2) is 6.29 Å². The van der Waals surface area contributed by atoms with E-state index in [0.717, 1.165) is 36.7 Å². The summed E-state index contributed by atoms with van der Waals surface area (Å²) >= 11 is 0. The lowest BCUT2D eigenvalue weighted by atomic mass is 9.38. The molecule has 0 radical (unpaired) electrons. The number of allylic oxidation sites excluding steroid dienone is 1. The summed E-state index contributed by atoms with van der Waals surface area (Å²) < 4.78 is 12.5. The maximum absolute atomic E-state index is 13.7. The number of ether oxygens (including phenoxy) is 2. The third-order valence-electron chi connectivity index (χ3n) is 13.6. The molecule has 3 saturated carbocycles. The molecule has 0 aromatic heterocycles. The molecular formula is C36H58O9. The summed E-state index contributed by atoms with van der Waals surface area (Å²) in [6.07, 6.45) is 1.55. The van der Waals surface area contributed by atoms with Crippen LogP contribution in [0.25, 0.3) is 0 Å². The van der Waals surface area contributed by atoms with Crippen molar-refractivity contribution in [1.82, 2.24) is 0 Å². The van der Waals surface area contributed by atoms with Crippen molar-refractivity contribution in [2.75, 3.05) is 6.61 Å². The molecule has 0 bridgehead atoms. The predicted molar refractivity (Wildman–Crippen MR) is 169 cm³/mol. The van der Waals surface area contributed by atoms with E-state index in [1.807, 2.05) is 33.8 Å². The number of aliphatic hydroxyl groups excluding tert-OH is 6. The van der Waals surface area contributed by atoms with Gasteiger partial charge in [-0.05, 0) is 87.4 Å². The summed E-state index contributed by atoms with van der Waals surface area (Å²) in [6, 6.07) is 0. The van der Waals surface area contributed by atoms with Crippen LogP contribution in [0.5, 0.6) is 0 Å². The summed E-state index contributed by atoms with van der Waals surface area (Å²) in [7, 11) is 0. The van der Waals surface area contributed by atoms with Crippen LogP contribution in [0.1, 0.15) is 93.4 Å². The number of carbonyl (C=O) groups excluding carboxylic acids is 1. The van der Waals surface area contributed by atoms with Crippen molar-refractivity contribution in [1.29, 1.82) is 0 Å². The van der Waals surface area contributed by atoms with Crippen molar-refractivity contribution in [3.8, 4) is 0 Å². The van der Waals surface area contributed by atoms with Gasteiger partial charge in [0.1, 0.15) is 30.7 Å². The van der Waals surface area contributed by atoms with Gasteiger partial charge in [0, 0.05) is 16.7 Å². The Hall–Kier alpha value is -1.17. The summed E-state index contributed by atoms with van der Waals surface area (Å²) in [5, 5.41) is 63.8. The van der Waals surface area contributed by atoms with Crippen LogP contribution in [-0.4, -0.2) is 92.5 Å². The zero-order valence-corrected chi connectivity index (χ0v) is 28.2. The van der Waals surface area contributed by atoms with E-state index in [9.17, 15) is 35.4 Å². The number of fused-ring (bicyclic) bond motifs is 5. The molecule has 9 heteroatoms. The molecule has 45 heavy (non-hydrogen) atoms. The second kappa shape index (κ2) is 12.4. The molecule has 256 valence electrons. The Morgan fingerprint density at radius 1 is 1.00 bits per heavy atom. The van der Waals surface area contributed by atoms with Crippen molar-refractivity contribution in [2.24, 2.45) is 45.3 Å². The average molecular weight is 635 g/mol. The van der Waals surface area contributed by atoms with Crippen molar-refractivity contribution >= 4 is 6.29 Å². The van der Waals surface area contributed by atoms with Gasteiger partial charge in [-0.25, -0.2) is 0 Å². The standard InChI is InChI=1S/C36H58O9/c1-19(2)14-21(39)15-20(3)22-10-11-35(7)31-25(44-32-30(43)29(42)28(41)26(17-37)45-32)16-24-23(8-9-27(40)33(24,4)5)36(31,18-38)13-12-34(22,35)6/h14,16,18,20-23,25-32,37,39-43H,8-13,15,17H2,1-7H3/t20-,21+,22-,23-,25+,26-,27+,28-,29+,30-,31+,32-,34-,35+,36-/m1/s1. The van der Waals surface area contributed by atoms with Crippen LogP contribution in [0, 0.1) is 45.3 Å². The zero-order valence-electron chi connectivity index (χ0n) is 28.2. The fourth-order valence-electron chi connectivity index (χ4n) is 11.0. The fraction of sp³-hybridized carbons (Fsp3) is 0.861. The van der Waals surface area contributed by atoms with Gasteiger partial charge >= 0.3 is 0 Å². The minimum Gasteiger partial charge on any atom is -0.394 e. The van der Waals surface area contributed by atoms with Crippen molar-refractivity contribution in [3.05, 3.63) is 23.3 Å². The van der Waals surface area contributed by atoms with E-state index >= 15 is 0 Å². The largest absolute Gasteiger partial charge is 0.394 e. The number of hydrogen-bond acceptors (Lipinski definition) is 9. The molecule has 0 amide bonds. The highest BCUT2D eigenvalue weighted by Gasteiger charge is 2.71. The number of aliphatic hydroxyl groups is 6. The van der Waals surface area contributed by atoms with Crippen LogP contribution in [0.2, 0.25) is 0 Å². The lowest BCUT2D eigenvalue weighted by Crippen LogP contribution is -2.66. The molecule has 1 saturated heterocycles. The number of carbonyl (C=O) groups is 1. The second-order valence-corrected chi connectivity index (χ2v) is 16.5. The molecule has 5 rings (SSSR count). The molecule has 9 nitrogen and oxygen atoms in total. The van der Waals surface area contributed by atoms with E-state index in [1.54, 1.807) is 0 Å². The van der Waals surface area contributed by atoms with E-state index in [-0.39, 0.29) is 28.6 Å². The first-order chi connectivity index (χ1) is 21.0. The Labute approximate surface area is 268 Å². The summed E-state index contributed by atoms with van der Waals surface area (Å²) in [5.41, 5.74) is 0.182. The third-order valence-corrected chi connectivity index (χ3v) is 13.6. The van der Waals surface area contributed by atoms with Crippen molar-refractivity contribution in [3.63, 3.8) is 0 Å². The third kappa shape index (κ3) is 5.41. The minimum atomic E-state index is -1.58. The van der Waals surface area contributed by atoms with Gasteiger partial charge < -0.3 is 44.9 Å². The van der Waals surface area contributed by atoms with Gasteiger partial charge in [-0.2, -0.15) is 0 Å². The van der Waals surface area contributed by atoms with Crippen LogP contribution in [0.4, 0.5) is 0 Å². The molecule has 6 N–H and O–H groups in total. The normalized spacial score (nSPS) is 48.7. The highest BCUT2D eigenvalue weighted by atomic mass is 16.7. The van der Waals surface area contributed by atoms with Crippen LogP contribution >= 0.6 is 0 Å². The second-order valence-electron chi connectivity index (χ2n) is 16.5. The monoisotopic (exact) mass is 634 g/mol. The zero-order chi connectivity index (χ0) is 33.3. The highest BCUT2D eigenvalue weighted by molar-refractivity contribution is 5.65. The van der Waals surface area contributed by atoms with Gasteiger partial charge in [0.05, 0.1) is 24.9 Å². The Kier molecular flexibility index (Phi) is 9.66. The van der Waals surface area contributed by atoms with E-state index in [0.29, 0.717) is 31.6 Å². The van der Waals surface area contributed by atoms with Gasteiger partial charge in [0.25, 0.3) is 0 Å². The maximum Gasteiger partial charge on any atom is 0.187 e. The SMILES string of the molecule is CC(C)=C[C@H](O)C[C@@H](C)[C@H]1CC[C@@]2(C)[C@@H]3[C@@H](O[C@@H]4O[C@H](CO)[C@@H](O)[C@H](O)[C@H]4O)C=C4[C@@H](CC[C@H](O)C4(C)C)[C@]3(C=O)CC[C@]12C. The molecule has 1 aliphatic heterocycles. The number of rotatable bonds is 8. The quantitative estimate of drug-likeness (QED) is 0.174. The average Bonchev–Trinajstić information content (AvgIpc) is 3.25. The van der Waals surface area contributed by atoms with Gasteiger partial charge in [-0.15, -0.1) is 0 Å². The first-order valence-electron chi connectivity index (χ1n) is 17.1. The molecular weight excluding hydrogens is 576 g/mol.